The fraction of sp³-hybridized carbons (Fsp3) is 0.417. The molecule has 7 heteroatoms. The third kappa shape index (κ3) is 3.30. The van der Waals surface area contributed by atoms with Gasteiger partial charge in [0.05, 0.1) is 12.6 Å². The molecule has 1 aromatic carbocycles. The number of halogens is 1. The maximum atomic E-state index is 5.88. The fourth-order valence-electron chi connectivity index (χ4n) is 1.80. The maximum Gasteiger partial charge on any atom is 0.182 e. The van der Waals surface area contributed by atoms with Crippen LogP contribution in [0.4, 0.5) is 5.69 Å². The number of hydrogen-bond acceptors (Lipinski definition) is 5. The number of nitrogens with zero attached hydrogens (tertiary/aromatic N) is 4. The first-order valence-electron chi connectivity index (χ1n) is 6.05. The highest BCUT2D eigenvalue weighted by Gasteiger charge is 2.12. The number of nitrogens with two attached hydrogens (primary N) is 1. The van der Waals surface area contributed by atoms with Gasteiger partial charge < -0.3 is 10.5 Å². The van der Waals surface area contributed by atoms with Gasteiger partial charge in [0.1, 0.15) is 0 Å². The van der Waals surface area contributed by atoms with Crippen LogP contribution in [0.5, 0.6) is 0 Å². The molecule has 1 heterocycles. The van der Waals surface area contributed by atoms with Gasteiger partial charge in [-0.1, -0.05) is 0 Å². The van der Waals surface area contributed by atoms with Crippen molar-refractivity contribution in [2.45, 2.75) is 26.5 Å². The van der Waals surface area contributed by atoms with Crippen molar-refractivity contribution in [2.75, 3.05) is 12.3 Å². The summed E-state index contributed by atoms with van der Waals surface area (Å²) in [6, 6.07) is 5.65. The zero-order valence-corrected chi connectivity index (χ0v) is 12.5. The van der Waals surface area contributed by atoms with Crippen LogP contribution in [0.15, 0.2) is 22.7 Å². The number of ether oxygens (including phenoxy) is 1. The Balaban J connectivity index is 2.25. The Hall–Kier alpha value is -1.47. The van der Waals surface area contributed by atoms with Crippen LogP contribution in [-0.2, 0) is 11.3 Å². The van der Waals surface area contributed by atoms with Gasteiger partial charge in [-0.3, -0.25) is 0 Å². The fourth-order valence-corrected chi connectivity index (χ4v) is 2.04. The molecule has 0 aliphatic rings. The van der Waals surface area contributed by atoms with Gasteiger partial charge in [-0.25, -0.2) is 4.68 Å². The topological polar surface area (TPSA) is 78.8 Å². The van der Waals surface area contributed by atoms with E-state index in [0.29, 0.717) is 24.7 Å². The lowest BCUT2D eigenvalue weighted by Crippen LogP contribution is -2.18. The number of aromatic nitrogens is 4. The molecule has 0 radical (unpaired) electrons. The van der Waals surface area contributed by atoms with Crippen molar-refractivity contribution in [1.29, 1.82) is 0 Å². The van der Waals surface area contributed by atoms with Crippen LogP contribution in [0.3, 0.4) is 0 Å². The minimum atomic E-state index is 0.0556. The lowest BCUT2D eigenvalue weighted by atomic mass is 10.2. The first-order chi connectivity index (χ1) is 9.11. The maximum absolute atomic E-state index is 5.88. The number of anilines is 1. The summed E-state index contributed by atoms with van der Waals surface area (Å²) in [6.07, 6.45) is 0.0556. The average Bonchev–Trinajstić information content (AvgIpc) is 2.81. The van der Waals surface area contributed by atoms with E-state index in [1.807, 2.05) is 32.0 Å². The largest absolute Gasteiger partial charge is 0.398 e. The molecule has 0 saturated carbocycles. The predicted molar refractivity (Wildman–Crippen MR) is 76.5 cm³/mol. The quantitative estimate of drug-likeness (QED) is 0.852. The van der Waals surface area contributed by atoms with Gasteiger partial charge in [-0.05, 0) is 58.4 Å². The van der Waals surface area contributed by atoms with Crippen molar-refractivity contribution >= 4 is 21.6 Å². The Bertz CT molecular complexity index is 557. The molecule has 0 amide bonds. The summed E-state index contributed by atoms with van der Waals surface area (Å²) >= 11 is 3.37. The van der Waals surface area contributed by atoms with Gasteiger partial charge in [0, 0.05) is 22.3 Å². The zero-order chi connectivity index (χ0) is 13.8. The minimum Gasteiger partial charge on any atom is -0.398 e. The molecule has 0 aliphatic carbocycles. The Labute approximate surface area is 120 Å². The summed E-state index contributed by atoms with van der Waals surface area (Å²) in [4.78, 5) is 0. The highest BCUT2D eigenvalue weighted by atomic mass is 79.9. The SMILES string of the molecule is CCOC(C)Cn1nnnc1-c1ccc(Br)c(N)c1. The van der Waals surface area contributed by atoms with Crippen LogP contribution in [0.2, 0.25) is 0 Å². The second-order valence-corrected chi connectivity index (χ2v) is 5.04. The summed E-state index contributed by atoms with van der Waals surface area (Å²) < 4.78 is 8.08. The highest BCUT2D eigenvalue weighted by molar-refractivity contribution is 9.10. The third-order valence-electron chi connectivity index (χ3n) is 2.67. The molecule has 1 unspecified atom stereocenters. The van der Waals surface area contributed by atoms with Crippen LogP contribution < -0.4 is 5.73 Å². The Morgan fingerprint density at radius 1 is 1.47 bits per heavy atom. The number of hydrogen-bond donors (Lipinski definition) is 1. The van der Waals surface area contributed by atoms with E-state index in [-0.39, 0.29) is 6.10 Å². The summed E-state index contributed by atoms with van der Waals surface area (Å²) in [5, 5.41) is 11.8. The molecule has 6 nitrogen and oxygen atoms in total. The molecular formula is C12H16BrN5O. The molecule has 0 bridgehead atoms. The zero-order valence-electron chi connectivity index (χ0n) is 10.9. The van der Waals surface area contributed by atoms with E-state index >= 15 is 0 Å². The van der Waals surface area contributed by atoms with E-state index < -0.39 is 0 Å². The predicted octanol–water partition coefficient (Wildman–Crippen LogP) is 2.11. The van der Waals surface area contributed by atoms with Crippen LogP contribution >= 0.6 is 15.9 Å². The molecule has 0 aliphatic heterocycles. The second kappa shape index (κ2) is 6.12. The van der Waals surface area contributed by atoms with E-state index in [0.717, 1.165) is 10.0 Å². The van der Waals surface area contributed by atoms with Gasteiger partial charge >= 0.3 is 0 Å². The standard InChI is InChI=1S/C12H16BrN5O/c1-3-19-8(2)7-18-12(15-16-17-18)9-4-5-10(13)11(14)6-9/h4-6,8H,3,7,14H2,1-2H3. The van der Waals surface area contributed by atoms with Crippen molar-refractivity contribution in [3.63, 3.8) is 0 Å². The van der Waals surface area contributed by atoms with Gasteiger partial charge in [0.15, 0.2) is 5.82 Å². The van der Waals surface area contributed by atoms with E-state index in [1.165, 1.54) is 0 Å². The molecule has 19 heavy (non-hydrogen) atoms. The monoisotopic (exact) mass is 325 g/mol. The van der Waals surface area contributed by atoms with Crippen LogP contribution in [-0.4, -0.2) is 32.9 Å². The first kappa shape index (κ1) is 14.0. The molecule has 1 aromatic heterocycles. The van der Waals surface area contributed by atoms with E-state index in [4.69, 9.17) is 10.5 Å². The third-order valence-corrected chi connectivity index (χ3v) is 3.39. The van der Waals surface area contributed by atoms with E-state index in [9.17, 15) is 0 Å². The summed E-state index contributed by atoms with van der Waals surface area (Å²) in [5.41, 5.74) is 7.42. The van der Waals surface area contributed by atoms with Crippen LogP contribution in [0, 0.1) is 0 Å². The van der Waals surface area contributed by atoms with Gasteiger partial charge in [-0.15, -0.1) is 5.10 Å². The van der Waals surface area contributed by atoms with Gasteiger partial charge in [-0.2, -0.15) is 0 Å². The highest BCUT2D eigenvalue weighted by Crippen LogP contribution is 2.25. The van der Waals surface area contributed by atoms with E-state index in [1.54, 1.807) is 4.68 Å². The van der Waals surface area contributed by atoms with Crippen molar-refractivity contribution in [3.8, 4) is 11.4 Å². The molecule has 2 rings (SSSR count). The van der Waals surface area contributed by atoms with Crippen molar-refractivity contribution in [2.24, 2.45) is 0 Å². The lowest BCUT2D eigenvalue weighted by Gasteiger charge is -2.12. The summed E-state index contributed by atoms with van der Waals surface area (Å²) in [6.45, 7) is 5.23. The number of nitrogen functional groups attached to an aromatic ring is 1. The molecule has 2 aromatic rings. The lowest BCUT2D eigenvalue weighted by molar-refractivity contribution is 0.0614. The molecular weight excluding hydrogens is 310 g/mol. The molecule has 1 atom stereocenters. The van der Waals surface area contributed by atoms with Crippen molar-refractivity contribution < 1.29 is 4.74 Å². The summed E-state index contributed by atoms with van der Waals surface area (Å²) in [5.74, 6) is 0.686. The number of benzene rings is 1. The minimum absolute atomic E-state index is 0.0556. The molecule has 0 spiro atoms. The number of tetrazole rings is 1. The normalized spacial score (nSPS) is 12.6. The van der Waals surface area contributed by atoms with Crippen molar-refractivity contribution in [1.82, 2.24) is 20.2 Å². The Morgan fingerprint density at radius 2 is 2.26 bits per heavy atom. The molecule has 102 valence electrons. The Kier molecular flexibility index (Phi) is 4.49. The smallest absolute Gasteiger partial charge is 0.182 e. The van der Waals surface area contributed by atoms with Crippen molar-refractivity contribution in [3.05, 3.63) is 22.7 Å². The second-order valence-electron chi connectivity index (χ2n) is 4.19. The van der Waals surface area contributed by atoms with Gasteiger partial charge in [0.2, 0.25) is 0 Å². The average molecular weight is 326 g/mol. The molecule has 0 saturated heterocycles. The van der Waals surface area contributed by atoms with Crippen LogP contribution in [0.25, 0.3) is 11.4 Å². The van der Waals surface area contributed by atoms with Gasteiger partial charge in [0.25, 0.3) is 0 Å². The van der Waals surface area contributed by atoms with Crippen LogP contribution in [0.1, 0.15) is 13.8 Å². The summed E-state index contributed by atoms with van der Waals surface area (Å²) in [7, 11) is 0. The molecule has 0 fully saturated rings. The van der Waals surface area contributed by atoms with E-state index in [2.05, 4.69) is 31.5 Å². The first-order valence-corrected chi connectivity index (χ1v) is 6.84. The Morgan fingerprint density at radius 3 is 2.95 bits per heavy atom. The molecule has 2 N–H and O–H groups in total. The number of rotatable bonds is 5.